The molecule has 1 aliphatic rings. The van der Waals surface area contributed by atoms with Crippen molar-refractivity contribution in [2.45, 2.75) is 78.4 Å². The predicted molar refractivity (Wildman–Crippen MR) is 109 cm³/mol. The second kappa shape index (κ2) is 8.75. The Morgan fingerprint density at radius 3 is 2.63 bits per heavy atom. The van der Waals surface area contributed by atoms with E-state index in [1.165, 1.54) is 11.1 Å². The number of carbonyl (C=O) groups excluding carboxylic acids is 1. The van der Waals surface area contributed by atoms with E-state index in [2.05, 4.69) is 32.9 Å². The molecule has 2 atom stereocenters. The summed E-state index contributed by atoms with van der Waals surface area (Å²) in [6, 6.07) is 1.78. The van der Waals surface area contributed by atoms with Gasteiger partial charge in [0, 0.05) is 12.0 Å². The largest absolute Gasteiger partial charge is 0.507 e. The van der Waals surface area contributed by atoms with Crippen LogP contribution in [-0.2, 0) is 6.42 Å². The SMILES string of the molecule is CC(C)=CCCC(C)=CCCC1(C)Oc2cc(C)c(C=O)c(O)c2CC1O. The van der Waals surface area contributed by atoms with Crippen LogP contribution in [0.5, 0.6) is 11.5 Å². The fourth-order valence-corrected chi connectivity index (χ4v) is 3.51. The molecule has 4 heteroatoms. The standard InChI is InChI=1S/C23H32O4/c1-15(2)8-6-9-16(3)10-7-11-23(5)21(25)13-18-20(27-23)12-17(4)19(14-24)22(18)26/h8,10,12,14,21,25-26H,6-7,9,11,13H2,1-5H3. The number of phenols is 1. The van der Waals surface area contributed by atoms with Crippen molar-refractivity contribution in [1.29, 1.82) is 0 Å². The quantitative estimate of drug-likeness (QED) is 0.520. The molecule has 1 aliphatic heterocycles. The molecule has 0 fully saturated rings. The lowest BCUT2D eigenvalue weighted by molar-refractivity contribution is -0.0593. The average molecular weight is 373 g/mol. The van der Waals surface area contributed by atoms with Crippen molar-refractivity contribution in [3.05, 3.63) is 46.1 Å². The normalized spacial score (nSPS) is 22.0. The number of aliphatic hydroxyl groups is 1. The minimum absolute atomic E-state index is 0.0730. The average Bonchev–Trinajstić information content (AvgIpc) is 2.57. The predicted octanol–water partition coefficient (Wildman–Crippen LogP) is 5.04. The van der Waals surface area contributed by atoms with Crippen molar-refractivity contribution < 1.29 is 19.7 Å². The molecule has 0 amide bonds. The van der Waals surface area contributed by atoms with Gasteiger partial charge < -0.3 is 14.9 Å². The van der Waals surface area contributed by atoms with Crippen molar-refractivity contribution in [2.75, 3.05) is 0 Å². The van der Waals surface area contributed by atoms with Gasteiger partial charge in [0.05, 0.1) is 11.7 Å². The molecule has 27 heavy (non-hydrogen) atoms. The lowest BCUT2D eigenvalue weighted by Crippen LogP contribution is -2.49. The fraction of sp³-hybridized carbons (Fsp3) is 0.522. The Kier molecular flexibility index (Phi) is 6.88. The first-order valence-corrected chi connectivity index (χ1v) is 9.64. The lowest BCUT2D eigenvalue weighted by atomic mass is 9.84. The number of phenolic OH excluding ortho intramolecular Hbond substituents is 1. The molecule has 0 radical (unpaired) electrons. The third-order valence-corrected chi connectivity index (χ3v) is 5.40. The van der Waals surface area contributed by atoms with Gasteiger partial charge in [0.15, 0.2) is 6.29 Å². The summed E-state index contributed by atoms with van der Waals surface area (Å²) in [6.45, 7) is 10.0. The lowest BCUT2D eigenvalue weighted by Gasteiger charge is -2.40. The van der Waals surface area contributed by atoms with E-state index >= 15 is 0 Å². The monoisotopic (exact) mass is 372 g/mol. The number of aldehydes is 1. The highest BCUT2D eigenvalue weighted by atomic mass is 16.5. The van der Waals surface area contributed by atoms with Gasteiger partial charge in [-0.25, -0.2) is 0 Å². The molecule has 0 bridgehead atoms. The Morgan fingerprint density at radius 2 is 2.00 bits per heavy atom. The van der Waals surface area contributed by atoms with E-state index in [-0.39, 0.29) is 17.7 Å². The number of hydrogen-bond donors (Lipinski definition) is 2. The minimum atomic E-state index is -0.738. The van der Waals surface area contributed by atoms with Crippen LogP contribution >= 0.6 is 0 Å². The molecule has 0 aliphatic carbocycles. The van der Waals surface area contributed by atoms with E-state index in [4.69, 9.17) is 4.74 Å². The molecular weight excluding hydrogens is 340 g/mol. The first kappa shape index (κ1) is 21.2. The number of carbonyl (C=O) groups is 1. The fourth-order valence-electron chi connectivity index (χ4n) is 3.51. The third kappa shape index (κ3) is 5.01. The maximum Gasteiger partial charge on any atom is 0.154 e. The van der Waals surface area contributed by atoms with Crippen molar-refractivity contribution in [3.8, 4) is 11.5 Å². The summed E-state index contributed by atoms with van der Waals surface area (Å²) in [5.41, 5.74) is 3.42. The number of ether oxygens (including phenoxy) is 1. The number of fused-ring (bicyclic) bond motifs is 1. The van der Waals surface area contributed by atoms with Crippen LogP contribution in [0.3, 0.4) is 0 Å². The summed E-state index contributed by atoms with van der Waals surface area (Å²) in [5.74, 6) is 0.490. The van der Waals surface area contributed by atoms with Crippen LogP contribution in [0.4, 0.5) is 0 Å². The van der Waals surface area contributed by atoms with Crippen molar-refractivity contribution in [3.63, 3.8) is 0 Å². The molecule has 1 aromatic carbocycles. The maximum atomic E-state index is 11.2. The highest BCUT2D eigenvalue weighted by Gasteiger charge is 2.40. The molecule has 0 saturated heterocycles. The van der Waals surface area contributed by atoms with E-state index in [0.29, 0.717) is 29.6 Å². The molecule has 2 N–H and O–H groups in total. The summed E-state index contributed by atoms with van der Waals surface area (Å²) < 4.78 is 6.12. The van der Waals surface area contributed by atoms with Crippen LogP contribution in [0.25, 0.3) is 0 Å². The van der Waals surface area contributed by atoms with Crippen LogP contribution in [0, 0.1) is 6.92 Å². The van der Waals surface area contributed by atoms with Crippen LogP contribution in [0.15, 0.2) is 29.4 Å². The summed E-state index contributed by atoms with van der Waals surface area (Å²) >= 11 is 0. The molecular formula is C23H32O4. The van der Waals surface area contributed by atoms with Gasteiger partial charge in [0.25, 0.3) is 0 Å². The highest BCUT2D eigenvalue weighted by Crippen LogP contribution is 2.42. The summed E-state index contributed by atoms with van der Waals surface area (Å²) in [6.07, 6.45) is 8.24. The van der Waals surface area contributed by atoms with Gasteiger partial charge in [0.1, 0.15) is 17.1 Å². The van der Waals surface area contributed by atoms with Crippen molar-refractivity contribution in [1.82, 2.24) is 0 Å². The first-order valence-electron chi connectivity index (χ1n) is 9.64. The highest BCUT2D eigenvalue weighted by molar-refractivity contribution is 5.83. The van der Waals surface area contributed by atoms with Gasteiger partial charge in [-0.1, -0.05) is 23.3 Å². The maximum absolute atomic E-state index is 11.2. The molecule has 0 aromatic heterocycles. The van der Waals surface area contributed by atoms with Gasteiger partial charge in [-0.05, 0) is 71.9 Å². The van der Waals surface area contributed by atoms with Gasteiger partial charge in [-0.2, -0.15) is 0 Å². The van der Waals surface area contributed by atoms with E-state index < -0.39 is 11.7 Å². The van der Waals surface area contributed by atoms with Gasteiger partial charge in [-0.15, -0.1) is 0 Å². The van der Waals surface area contributed by atoms with Gasteiger partial charge >= 0.3 is 0 Å². The van der Waals surface area contributed by atoms with E-state index in [1.807, 2.05) is 6.92 Å². The van der Waals surface area contributed by atoms with Crippen molar-refractivity contribution >= 4 is 6.29 Å². The smallest absolute Gasteiger partial charge is 0.154 e. The number of aromatic hydroxyl groups is 1. The third-order valence-electron chi connectivity index (χ3n) is 5.40. The van der Waals surface area contributed by atoms with E-state index in [0.717, 1.165) is 19.3 Å². The topological polar surface area (TPSA) is 66.8 Å². The number of rotatable bonds is 7. The van der Waals surface area contributed by atoms with Gasteiger partial charge in [-0.3, -0.25) is 4.79 Å². The number of aryl methyl sites for hydroxylation is 1. The number of benzene rings is 1. The van der Waals surface area contributed by atoms with Crippen LogP contribution in [0.2, 0.25) is 0 Å². The molecule has 0 saturated carbocycles. The first-order chi connectivity index (χ1) is 12.7. The molecule has 148 valence electrons. The second-order valence-electron chi connectivity index (χ2n) is 8.09. The van der Waals surface area contributed by atoms with Crippen LogP contribution in [-0.4, -0.2) is 28.2 Å². The molecule has 4 nitrogen and oxygen atoms in total. The zero-order valence-electron chi connectivity index (χ0n) is 17.1. The number of hydrogen-bond acceptors (Lipinski definition) is 4. The van der Waals surface area contributed by atoms with Crippen LogP contribution < -0.4 is 4.74 Å². The van der Waals surface area contributed by atoms with Crippen LogP contribution in [0.1, 0.15) is 74.9 Å². The molecule has 1 aromatic rings. The Morgan fingerprint density at radius 1 is 1.30 bits per heavy atom. The summed E-state index contributed by atoms with van der Waals surface area (Å²) in [4.78, 5) is 11.2. The Hall–Kier alpha value is -2.07. The minimum Gasteiger partial charge on any atom is -0.507 e. The molecule has 2 unspecified atom stereocenters. The summed E-state index contributed by atoms with van der Waals surface area (Å²) in [5, 5.41) is 21.0. The van der Waals surface area contributed by atoms with E-state index in [9.17, 15) is 15.0 Å². The van der Waals surface area contributed by atoms with E-state index in [1.54, 1.807) is 13.0 Å². The Balaban J connectivity index is 2.09. The number of aliphatic hydroxyl groups excluding tert-OH is 1. The number of allylic oxidation sites excluding steroid dienone is 4. The molecule has 2 rings (SSSR count). The molecule has 0 spiro atoms. The van der Waals surface area contributed by atoms with Crippen molar-refractivity contribution in [2.24, 2.45) is 0 Å². The van der Waals surface area contributed by atoms with Gasteiger partial charge in [0.2, 0.25) is 0 Å². The summed E-state index contributed by atoms with van der Waals surface area (Å²) in [7, 11) is 0. The zero-order chi connectivity index (χ0) is 20.2. The Bertz CT molecular complexity index is 756. The molecule has 1 heterocycles. The zero-order valence-corrected chi connectivity index (χ0v) is 17.1. The Labute approximate surface area is 162 Å². The second-order valence-corrected chi connectivity index (χ2v) is 8.09.